The highest BCUT2D eigenvalue weighted by Gasteiger charge is 2.08. The first-order valence-corrected chi connectivity index (χ1v) is 10.1. The molecule has 0 aliphatic rings. The third-order valence-corrected chi connectivity index (χ3v) is 4.79. The molecule has 0 aromatic heterocycles. The Balaban J connectivity index is 3.55. The summed E-state index contributed by atoms with van der Waals surface area (Å²) in [5, 5.41) is 0. The summed E-state index contributed by atoms with van der Waals surface area (Å²) < 4.78 is 0. The molecule has 0 heterocycles. The fraction of sp³-hybridized carbons (Fsp3) is 0.952. The van der Waals surface area contributed by atoms with Crippen LogP contribution in [-0.4, -0.2) is 0 Å². The van der Waals surface area contributed by atoms with E-state index < -0.39 is 0 Å². The lowest BCUT2D eigenvalue weighted by Crippen LogP contribution is -2.01. The van der Waals surface area contributed by atoms with E-state index in [1.54, 1.807) is 0 Å². The molecule has 1 radical (unpaired) electrons. The van der Waals surface area contributed by atoms with Crippen molar-refractivity contribution in [1.29, 1.82) is 0 Å². The lowest BCUT2D eigenvalue weighted by atomic mass is 9.90. The van der Waals surface area contributed by atoms with Gasteiger partial charge in [-0.3, -0.25) is 0 Å². The SMILES string of the molecule is [CH2]CCCC(CCCCCCC)CCCCCCCCC. The van der Waals surface area contributed by atoms with Gasteiger partial charge in [0.25, 0.3) is 0 Å². The van der Waals surface area contributed by atoms with Gasteiger partial charge in [-0.1, -0.05) is 130 Å². The van der Waals surface area contributed by atoms with Gasteiger partial charge in [0.05, 0.1) is 0 Å². The first-order valence-electron chi connectivity index (χ1n) is 10.1. The second-order valence-electron chi connectivity index (χ2n) is 6.97. The van der Waals surface area contributed by atoms with Gasteiger partial charge >= 0.3 is 0 Å². The van der Waals surface area contributed by atoms with E-state index in [0.717, 1.165) is 12.3 Å². The quantitative estimate of drug-likeness (QED) is 0.238. The normalized spacial score (nSPS) is 12.7. The Morgan fingerprint density at radius 2 is 0.905 bits per heavy atom. The Morgan fingerprint density at radius 1 is 0.524 bits per heavy atom. The molecule has 0 aliphatic carbocycles. The fourth-order valence-corrected chi connectivity index (χ4v) is 3.29. The minimum Gasteiger partial charge on any atom is -0.0654 e. The Morgan fingerprint density at radius 3 is 1.33 bits per heavy atom. The molecule has 0 N–H and O–H groups in total. The minimum absolute atomic E-state index is 1.00. The Hall–Kier alpha value is 0. The summed E-state index contributed by atoms with van der Waals surface area (Å²) in [6, 6.07) is 0. The number of hydrogen-bond acceptors (Lipinski definition) is 0. The minimum atomic E-state index is 1.00. The molecular formula is C21H43. The van der Waals surface area contributed by atoms with Crippen molar-refractivity contribution in [2.75, 3.05) is 0 Å². The van der Waals surface area contributed by atoms with Crippen molar-refractivity contribution in [3.8, 4) is 0 Å². The Bertz CT molecular complexity index is 173. The molecule has 0 aromatic rings. The number of hydrogen-bond donors (Lipinski definition) is 0. The summed E-state index contributed by atoms with van der Waals surface area (Å²) in [6.07, 6.45) is 24.2. The topological polar surface area (TPSA) is 0 Å². The van der Waals surface area contributed by atoms with Crippen LogP contribution < -0.4 is 0 Å². The molecule has 0 bridgehead atoms. The predicted molar refractivity (Wildman–Crippen MR) is 98.7 cm³/mol. The highest BCUT2D eigenvalue weighted by Crippen LogP contribution is 2.23. The molecule has 0 amide bonds. The van der Waals surface area contributed by atoms with E-state index in [1.165, 1.54) is 103 Å². The largest absolute Gasteiger partial charge is 0.0654 e. The predicted octanol–water partition coefficient (Wildman–Crippen LogP) is 8.11. The molecule has 0 fully saturated rings. The molecule has 0 rings (SSSR count). The number of unbranched alkanes of at least 4 members (excludes halogenated alkanes) is 11. The highest BCUT2D eigenvalue weighted by atomic mass is 14.1. The van der Waals surface area contributed by atoms with E-state index in [-0.39, 0.29) is 0 Å². The molecule has 127 valence electrons. The van der Waals surface area contributed by atoms with E-state index in [2.05, 4.69) is 20.8 Å². The van der Waals surface area contributed by atoms with E-state index >= 15 is 0 Å². The number of rotatable bonds is 17. The van der Waals surface area contributed by atoms with Crippen LogP contribution in [0.4, 0.5) is 0 Å². The zero-order valence-electron chi connectivity index (χ0n) is 15.3. The van der Waals surface area contributed by atoms with E-state index in [9.17, 15) is 0 Å². The molecule has 0 nitrogen and oxygen atoms in total. The van der Waals surface area contributed by atoms with Crippen molar-refractivity contribution in [1.82, 2.24) is 0 Å². The van der Waals surface area contributed by atoms with Crippen LogP contribution in [0.15, 0.2) is 0 Å². The van der Waals surface area contributed by atoms with Gasteiger partial charge in [-0.05, 0) is 5.92 Å². The lowest BCUT2D eigenvalue weighted by molar-refractivity contribution is 0.373. The molecule has 21 heavy (non-hydrogen) atoms. The van der Waals surface area contributed by atoms with Gasteiger partial charge in [-0.2, -0.15) is 0 Å². The Labute approximate surface area is 136 Å². The maximum absolute atomic E-state index is 4.02. The van der Waals surface area contributed by atoms with Crippen molar-refractivity contribution < 1.29 is 0 Å². The van der Waals surface area contributed by atoms with Gasteiger partial charge in [-0.25, -0.2) is 0 Å². The maximum atomic E-state index is 4.02. The molecule has 0 saturated carbocycles. The average molecular weight is 296 g/mol. The van der Waals surface area contributed by atoms with Crippen LogP contribution in [-0.2, 0) is 0 Å². The molecular weight excluding hydrogens is 252 g/mol. The van der Waals surface area contributed by atoms with Crippen molar-refractivity contribution in [3.05, 3.63) is 6.92 Å². The molecule has 0 saturated heterocycles. The second-order valence-corrected chi connectivity index (χ2v) is 6.97. The zero-order valence-corrected chi connectivity index (χ0v) is 15.3. The van der Waals surface area contributed by atoms with Crippen molar-refractivity contribution in [2.24, 2.45) is 5.92 Å². The van der Waals surface area contributed by atoms with Gasteiger partial charge in [0.15, 0.2) is 0 Å². The first-order chi connectivity index (χ1) is 10.3. The molecule has 0 aliphatic heterocycles. The smallest absolute Gasteiger partial charge is 0.0414 e. The zero-order chi connectivity index (χ0) is 15.6. The molecule has 1 atom stereocenters. The summed E-state index contributed by atoms with van der Waals surface area (Å²) in [6.45, 7) is 8.62. The standard InChI is InChI=1S/C21H43/c1-4-7-10-12-13-15-17-20-21(18-9-6-3)19-16-14-11-8-5-2/h21H,3-20H2,1-2H3. The Kier molecular flexibility index (Phi) is 18.1. The van der Waals surface area contributed by atoms with Gasteiger partial charge in [0.2, 0.25) is 0 Å². The van der Waals surface area contributed by atoms with Crippen LogP contribution in [0, 0.1) is 12.8 Å². The monoisotopic (exact) mass is 295 g/mol. The fourth-order valence-electron chi connectivity index (χ4n) is 3.29. The van der Waals surface area contributed by atoms with Crippen LogP contribution in [0.3, 0.4) is 0 Å². The van der Waals surface area contributed by atoms with Gasteiger partial charge < -0.3 is 0 Å². The molecule has 1 unspecified atom stereocenters. The summed E-state index contributed by atoms with van der Waals surface area (Å²) >= 11 is 0. The average Bonchev–Trinajstić information content (AvgIpc) is 2.50. The van der Waals surface area contributed by atoms with E-state index in [1.807, 2.05) is 0 Å². The maximum Gasteiger partial charge on any atom is -0.0414 e. The summed E-state index contributed by atoms with van der Waals surface area (Å²) in [5.74, 6) is 1.00. The third kappa shape index (κ3) is 16.2. The van der Waals surface area contributed by atoms with Crippen molar-refractivity contribution >= 4 is 0 Å². The summed E-state index contributed by atoms with van der Waals surface area (Å²) in [5.41, 5.74) is 0. The van der Waals surface area contributed by atoms with E-state index in [0.29, 0.717) is 0 Å². The van der Waals surface area contributed by atoms with Crippen LogP contribution in [0.1, 0.15) is 123 Å². The van der Waals surface area contributed by atoms with Gasteiger partial charge in [0, 0.05) is 0 Å². The molecule has 0 aromatic carbocycles. The van der Waals surface area contributed by atoms with Gasteiger partial charge in [-0.15, -0.1) is 0 Å². The molecule has 0 spiro atoms. The van der Waals surface area contributed by atoms with Crippen molar-refractivity contribution in [3.63, 3.8) is 0 Å². The highest BCUT2D eigenvalue weighted by molar-refractivity contribution is 4.62. The lowest BCUT2D eigenvalue weighted by Gasteiger charge is -2.16. The summed E-state index contributed by atoms with van der Waals surface area (Å²) in [7, 11) is 0. The van der Waals surface area contributed by atoms with E-state index in [4.69, 9.17) is 0 Å². The first kappa shape index (κ1) is 21.0. The van der Waals surface area contributed by atoms with Crippen LogP contribution in [0.25, 0.3) is 0 Å². The van der Waals surface area contributed by atoms with Gasteiger partial charge in [0.1, 0.15) is 0 Å². The van der Waals surface area contributed by atoms with Crippen LogP contribution >= 0.6 is 0 Å². The molecule has 0 heteroatoms. The van der Waals surface area contributed by atoms with Crippen LogP contribution in [0.2, 0.25) is 0 Å². The summed E-state index contributed by atoms with van der Waals surface area (Å²) in [4.78, 5) is 0. The van der Waals surface area contributed by atoms with Crippen molar-refractivity contribution in [2.45, 2.75) is 123 Å². The van der Waals surface area contributed by atoms with Crippen LogP contribution in [0.5, 0.6) is 0 Å². The third-order valence-electron chi connectivity index (χ3n) is 4.79. The second kappa shape index (κ2) is 18.1.